The molecule has 1 amide bonds. The van der Waals surface area contributed by atoms with Crippen molar-refractivity contribution in [1.29, 1.82) is 0 Å². The van der Waals surface area contributed by atoms with Gasteiger partial charge in [0.05, 0.1) is 6.61 Å². The van der Waals surface area contributed by atoms with Crippen molar-refractivity contribution >= 4 is 22.7 Å². The van der Waals surface area contributed by atoms with Crippen molar-refractivity contribution < 1.29 is 18.3 Å². The van der Waals surface area contributed by atoms with Gasteiger partial charge in [0.25, 0.3) is 0 Å². The number of carbonyl (C=O) groups excluding carboxylic acids is 1. The zero-order valence-electron chi connectivity index (χ0n) is 15.5. The van der Waals surface area contributed by atoms with Crippen LogP contribution in [-0.2, 0) is 9.67 Å². The number of ether oxygens (including phenoxy) is 1. The number of nitrogens with two attached hydrogens (primary N) is 1. The van der Waals surface area contributed by atoms with E-state index in [1.165, 1.54) is 16.8 Å². The predicted molar refractivity (Wildman–Crippen MR) is 106 cm³/mol. The summed E-state index contributed by atoms with van der Waals surface area (Å²) in [5.41, 5.74) is 6.75. The highest BCUT2D eigenvalue weighted by atomic mass is 32.2. The molecule has 2 aliphatic heterocycles. The van der Waals surface area contributed by atoms with Gasteiger partial charge in [0.2, 0.25) is 5.91 Å². The lowest BCUT2D eigenvalue weighted by Gasteiger charge is -2.42. The number of fused-ring (bicyclic) bond motifs is 2. The molecule has 29 heavy (non-hydrogen) atoms. The van der Waals surface area contributed by atoms with Crippen molar-refractivity contribution in [3.05, 3.63) is 65.2 Å². The lowest BCUT2D eigenvalue weighted by atomic mass is 9.79. The fraction of sp³-hybridized carbons (Fsp3) is 0.333. The van der Waals surface area contributed by atoms with Crippen LogP contribution in [0.2, 0.25) is 0 Å². The summed E-state index contributed by atoms with van der Waals surface area (Å²) in [7, 11) is 0. The number of carbonyl (C=O) groups is 1. The third kappa shape index (κ3) is 2.93. The Morgan fingerprint density at radius 2 is 2.03 bits per heavy atom. The molecular formula is C21H19F2N3O2S. The molecule has 3 aliphatic rings. The fourth-order valence-corrected chi connectivity index (χ4v) is 5.49. The standard InChI is InChI=1S/C21H19F2N3O2S/c22-13-5-6-17(23)15(11-13)19-25-26(20(27)12-9-14(24)10-12)21(29-19)7-8-28-18-4-2-1-3-16(18)21/h1-6,11-12,14H,7-10,24H2/t12-,14+,21?. The molecule has 5 nitrogen and oxygen atoms in total. The van der Waals surface area contributed by atoms with Crippen molar-refractivity contribution in [2.45, 2.75) is 30.2 Å². The van der Waals surface area contributed by atoms with Gasteiger partial charge in [-0.3, -0.25) is 4.79 Å². The highest BCUT2D eigenvalue weighted by Crippen LogP contribution is 2.55. The summed E-state index contributed by atoms with van der Waals surface area (Å²) >= 11 is 1.28. The first-order chi connectivity index (χ1) is 14.0. The first kappa shape index (κ1) is 18.6. The van der Waals surface area contributed by atoms with Crippen LogP contribution in [0.3, 0.4) is 0 Å². The van der Waals surface area contributed by atoms with Gasteiger partial charge in [-0.2, -0.15) is 5.10 Å². The smallest absolute Gasteiger partial charge is 0.247 e. The number of rotatable bonds is 2. The number of amides is 1. The van der Waals surface area contributed by atoms with Gasteiger partial charge in [0.15, 0.2) is 0 Å². The van der Waals surface area contributed by atoms with Crippen LogP contribution in [0.4, 0.5) is 8.78 Å². The Kier molecular flexibility index (Phi) is 4.36. The molecule has 2 heterocycles. The van der Waals surface area contributed by atoms with Crippen LogP contribution < -0.4 is 10.5 Å². The van der Waals surface area contributed by atoms with Crippen LogP contribution in [0.5, 0.6) is 5.75 Å². The molecule has 1 saturated carbocycles. The topological polar surface area (TPSA) is 67.9 Å². The molecular weight excluding hydrogens is 396 g/mol. The number of hydrogen-bond donors (Lipinski definition) is 1. The van der Waals surface area contributed by atoms with E-state index in [0.29, 0.717) is 31.6 Å². The van der Waals surface area contributed by atoms with E-state index >= 15 is 0 Å². The minimum absolute atomic E-state index is 0.0150. The summed E-state index contributed by atoms with van der Waals surface area (Å²) in [6, 6.07) is 10.8. The average molecular weight is 415 g/mol. The molecule has 0 aromatic heterocycles. The van der Waals surface area contributed by atoms with Gasteiger partial charge >= 0.3 is 0 Å². The van der Waals surface area contributed by atoms with Crippen LogP contribution in [0, 0.1) is 17.6 Å². The lowest BCUT2D eigenvalue weighted by molar-refractivity contribution is -0.143. The van der Waals surface area contributed by atoms with E-state index in [-0.39, 0.29) is 28.5 Å². The van der Waals surface area contributed by atoms with Crippen molar-refractivity contribution in [1.82, 2.24) is 5.01 Å². The average Bonchev–Trinajstić information content (AvgIpc) is 3.07. The van der Waals surface area contributed by atoms with Crippen LogP contribution in [0.1, 0.15) is 30.4 Å². The molecule has 1 fully saturated rings. The normalized spacial score (nSPS) is 27.8. The molecule has 2 N–H and O–H groups in total. The van der Waals surface area contributed by atoms with Crippen molar-refractivity contribution in [3.63, 3.8) is 0 Å². The van der Waals surface area contributed by atoms with Gasteiger partial charge in [-0.15, -0.1) is 0 Å². The molecule has 0 bridgehead atoms. The van der Waals surface area contributed by atoms with E-state index in [1.807, 2.05) is 24.3 Å². The maximum Gasteiger partial charge on any atom is 0.247 e. The van der Waals surface area contributed by atoms with Crippen LogP contribution in [-0.4, -0.2) is 28.6 Å². The molecule has 150 valence electrons. The molecule has 5 rings (SSSR count). The third-order valence-electron chi connectivity index (χ3n) is 5.70. The second kappa shape index (κ2) is 6.81. The number of nitrogens with zero attached hydrogens (tertiary/aromatic N) is 2. The Morgan fingerprint density at radius 1 is 1.24 bits per heavy atom. The first-order valence-electron chi connectivity index (χ1n) is 9.53. The lowest BCUT2D eigenvalue weighted by Crippen LogP contribution is -2.51. The molecule has 8 heteroatoms. The summed E-state index contributed by atoms with van der Waals surface area (Å²) in [5.74, 6) is -0.805. The Hall–Kier alpha value is -2.45. The van der Waals surface area contributed by atoms with E-state index in [0.717, 1.165) is 23.8 Å². The van der Waals surface area contributed by atoms with Crippen LogP contribution >= 0.6 is 11.8 Å². The van der Waals surface area contributed by atoms with E-state index < -0.39 is 16.5 Å². The summed E-state index contributed by atoms with van der Waals surface area (Å²) in [6.07, 6.45) is 1.70. The first-order valence-corrected chi connectivity index (χ1v) is 10.3. The Bertz CT molecular complexity index is 1020. The minimum Gasteiger partial charge on any atom is -0.493 e. The molecule has 0 radical (unpaired) electrons. The van der Waals surface area contributed by atoms with E-state index in [1.54, 1.807) is 0 Å². The number of hydrazone groups is 1. The zero-order chi connectivity index (χ0) is 20.2. The number of para-hydroxylation sites is 1. The highest BCUT2D eigenvalue weighted by Gasteiger charge is 2.53. The van der Waals surface area contributed by atoms with E-state index in [9.17, 15) is 13.6 Å². The van der Waals surface area contributed by atoms with Gasteiger partial charge in [0.1, 0.15) is 27.3 Å². The SMILES string of the molecule is N[C@H]1C[C@@H](C(=O)N2N=C(c3cc(F)ccc3F)SC23CCOc2ccccc23)C1. The summed E-state index contributed by atoms with van der Waals surface area (Å²) in [5, 5.41) is 6.28. The second-order valence-corrected chi connectivity index (χ2v) is 8.86. The largest absolute Gasteiger partial charge is 0.493 e. The quantitative estimate of drug-likeness (QED) is 0.814. The van der Waals surface area contributed by atoms with Gasteiger partial charge < -0.3 is 10.5 Å². The summed E-state index contributed by atoms with van der Waals surface area (Å²) in [6.45, 7) is 0.395. The number of thioether (sulfide) groups is 1. The highest BCUT2D eigenvalue weighted by molar-refractivity contribution is 8.15. The van der Waals surface area contributed by atoms with Crippen molar-refractivity contribution in [2.75, 3.05) is 6.61 Å². The molecule has 1 atom stereocenters. The van der Waals surface area contributed by atoms with Crippen molar-refractivity contribution in [3.8, 4) is 5.75 Å². The van der Waals surface area contributed by atoms with Gasteiger partial charge in [-0.05, 0) is 37.1 Å². The molecule has 2 aromatic rings. The molecule has 1 spiro atoms. The monoisotopic (exact) mass is 415 g/mol. The number of hydrogen-bond acceptors (Lipinski definition) is 5. The number of benzene rings is 2. The Morgan fingerprint density at radius 3 is 2.83 bits per heavy atom. The maximum atomic E-state index is 14.5. The molecule has 2 aromatic carbocycles. The van der Waals surface area contributed by atoms with Gasteiger partial charge in [0, 0.05) is 29.5 Å². The fourth-order valence-electron chi connectivity index (χ4n) is 4.10. The zero-order valence-corrected chi connectivity index (χ0v) is 16.3. The third-order valence-corrected chi connectivity index (χ3v) is 7.13. The summed E-state index contributed by atoms with van der Waals surface area (Å²) in [4.78, 5) is 12.5. The summed E-state index contributed by atoms with van der Waals surface area (Å²) < 4.78 is 34.1. The Labute approximate surface area is 170 Å². The number of halogens is 2. The van der Waals surface area contributed by atoms with E-state index in [2.05, 4.69) is 5.10 Å². The maximum absolute atomic E-state index is 14.5. The molecule has 0 saturated heterocycles. The van der Waals surface area contributed by atoms with Crippen LogP contribution in [0.25, 0.3) is 0 Å². The minimum atomic E-state index is -0.848. The van der Waals surface area contributed by atoms with Crippen molar-refractivity contribution in [2.24, 2.45) is 16.8 Å². The van der Waals surface area contributed by atoms with Gasteiger partial charge in [-0.1, -0.05) is 30.0 Å². The predicted octanol–water partition coefficient (Wildman–Crippen LogP) is 3.57. The van der Waals surface area contributed by atoms with Gasteiger partial charge in [-0.25, -0.2) is 13.8 Å². The molecule has 1 aliphatic carbocycles. The second-order valence-electron chi connectivity index (χ2n) is 7.59. The van der Waals surface area contributed by atoms with E-state index in [4.69, 9.17) is 10.5 Å². The Balaban J connectivity index is 1.62. The van der Waals surface area contributed by atoms with Crippen LogP contribution in [0.15, 0.2) is 47.6 Å². The molecule has 1 unspecified atom stereocenters.